The highest BCUT2D eigenvalue weighted by atomic mass is 16.4. The molecule has 0 aliphatic rings. The first-order valence-corrected chi connectivity index (χ1v) is 13.0. The van der Waals surface area contributed by atoms with Gasteiger partial charge in [0.1, 0.15) is 6.04 Å². The van der Waals surface area contributed by atoms with Gasteiger partial charge in [-0.05, 0) is 44.9 Å². The van der Waals surface area contributed by atoms with Crippen molar-refractivity contribution in [2.45, 2.75) is 135 Å². The average Bonchev–Trinajstić information content (AvgIpc) is 2.75. The quantitative estimate of drug-likeness (QED) is 0.125. The molecular weight excluding hydrogens is 388 g/mol. The SMILES string of the molecule is CCCC/C=C/CCCCCCCCCCCCCC(=O)NCCCC[C@H](N)C(=O)O. The number of amides is 1. The number of unbranched alkanes of at least 4 members (excludes halogenated alkanes) is 14. The molecular formula is C26H50N2O3. The van der Waals surface area contributed by atoms with Crippen molar-refractivity contribution in [1.29, 1.82) is 0 Å². The Morgan fingerprint density at radius 2 is 1.29 bits per heavy atom. The summed E-state index contributed by atoms with van der Waals surface area (Å²) in [6, 6.07) is -0.789. The number of carbonyl (C=O) groups excluding carboxylic acids is 1. The third-order valence-corrected chi connectivity index (χ3v) is 5.75. The second kappa shape index (κ2) is 23.3. The molecule has 0 saturated carbocycles. The minimum Gasteiger partial charge on any atom is -0.480 e. The number of nitrogens with one attached hydrogen (secondary N) is 1. The van der Waals surface area contributed by atoms with Crippen molar-refractivity contribution in [2.75, 3.05) is 6.54 Å². The molecule has 0 spiro atoms. The number of carboxylic acid groups (broad SMARTS) is 1. The van der Waals surface area contributed by atoms with Crippen LogP contribution in [0, 0.1) is 0 Å². The molecule has 5 heteroatoms. The first-order valence-electron chi connectivity index (χ1n) is 13.0. The predicted molar refractivity (Wildman–Crippen MR) is 131 cm³/mol. The van der Waals surface area contributed by atoms with Crippen LogP contribution in [-0.2, 0) is 9.59 Å². The zero-order chi connectivity index (χ0) is 23.0. The lowest BCUT2D eigenvalue weighted by Gasteiger charge is -2.07. The van der Waals surface area contributed by atoms with Crippen LogP contribution in [0.1, 0.15) is 129 Å². The highest BCUT2D eigenvalue weighted by Crippen LogP contribution is 2.13. The predicted octanol–water partition coefficient (Wildman–Crippen LogP) is 6.50. The van der Waals surface area contributed by atoms with Gasteiger partial charge >= 0.3 is 5.97 Å². The lowest BCUT2D eigenvalue weighted by Crippen LogP contribution is -2.30. The van der Waals surface area contributed by atoms with Crippen molar-refractivity contribution < 1.29 is 14.7 Å². The van der Waals surface area contributed by atoms with E-state index in [9.17, 15) is 9.59 Å². The number of hydrogen-bond donors (Lipinski definition) is 3. The summed E-state index contributed by atoms with van der Waals surface area (Å²) in [6.45, 7) is 2.85. The Hall–Kier alpha value is -1.36. The molecule has 0 aromatic heterocycles. The van der Waals surface area contributed by atoms with Crippen LogP contribution in [0.5, 0.6) is 0 Å². The van der Waals surface area contributed by atoms with Crippen molar-refractivity contribution >= 4 is 11.9 Å². The van der Waals surface area contributed by atoms with Crippen LogP contribution in [0.4, 0.5) is 0 Å². The summed E-state index contributed by atoms with van der Waals surface area (Å²) in [5.41, 5.74) is 5.45. The van der Waals surface area contributed by atoms with Gasteiger partial charge in [0.05, 0.1) is 0 Å². The summed E-state index contributed by atoms with van der Waals surface area (Å²) in [7, 11) is 0. The number of aliphatic carboxylic acids is 1. The van der Waals surface area contributed by atoms with Gasteiger partial charge in [0, 0.05) is 13.0 Å². The van der Waals surface area contributed by atoms with Gasteiger partial charge in [-0.1, -0.05) is 89.7 Å². The van der Waals surface area contributed by atoms with E-state index in [0.29, 0.717) is 19.4 Å². The highest BCUT2D eigenvalue weighted by molar-refractivity contribution is 5.75. The molecule has 0 aromatic rings. The van der Waals surface area contributed by atoms with E-state index >= 15 is 0 Å². The Morgan fingerprint density at radius 1 is 0.774 bits per heavy atom. The molecule has 1 atom stereocenters. The van der Waals surface area contributed by atoms with Crippen LogP contribution < -0.4 is 11.1 Å². The Morgan fingerprint density at radius 3 is 1.84 bits per heavy atom. The summed E-state index contributed by atoms with van der Waals surface area (Å²) in [6.07, 6.45) is 26.5. The highest BCUT2D eigenvalue weighted by Gasteiger charge is 2.10. The van der Waals surface area contributed by atoms with Crippen LogP contribution in [-0.4, -0.2) is 29.6 Å². The summed E-state index contributed by atoms with van der Waals surface area (Å²) in [5.74, 6) is -0.848. The standard InChI is InChI=1S/C26H50N2O3/c1-2-3-4-5-6-7-8-9-10-11-12-13-14-15-16-17-18-22-25(29)28-23-20-19-21-24(27)26(30)31/h5-6,24H,2-4,7-23,27H2,1H3,(H,28,29)(H,30,31)/b6-5+/t24-/m0/s1. The summed E-state index contributed by atoms with van der Waals surface area (Å²) in [5, 5.41) is 11.6. The topological polar surface area (TPSA) is 92.4 Å². The van der Waals surface area contributed by atoms with Gasteiger partial charge in [-0.25, -0.2) is 0 Å². The molecule has 31 heavy (non-hydrogen) atoms. The molecule has 1 amide bonds. The van der Waals surface area contributed by atoms with Crippen molar-refractivity contribution in [2.24, 2.45) is 5.73 Å². The Balaban J connectivity index is 3.23. The van der Waals surface area contributed by atoms with Crippen molar-refractivity contribution in [3.63, 3.8) is 0 Å². The number of nitrogens with two attached hydrogens (primary N) is 1. The summed E-state index contributed by atoms with van der Waals surface area (Å²) >= 11 is 0. The minimum absolute atomic E-state index is 0.110. The van der Waals surface area contributed by atoms with Gasteiger partial charge in [-0.15, -0.1) is 0 Å². The molecule has 0 aliphatic heterocycles. The van der Waals surface area contributed by atoms with Gasteiger partial charge in [0.15, 0.2) is 0 Å². The fourth-order valence-corrected chi connectivity index (χ4v) is 3.63. The molecule has 0 radical (unpaired) electrons. The van der Waals surface area contributed by atoms with E-state index in [4.69, 9.17) is 10.8 Å². The second-order valence-electron chi connectivity index (χ2n) is 8.83. The van der Waals surface area contributed by atoms with E-state index in [1.54, 1.807) is 0 Å². The maximum Gasteiger partial charge on any atom is 0.320 e. The molecule has 0 unspecified atom stereocenters. The molecule has 0 aromatic carbocycles. The lowest BCUT2D eigenvalue weighted by atomic mass is 10.0. The average molecular weight is 439 g/mol. The van der Waals surface area contributed by atoms with Gasteiger partial charge in [-0.3, -0.25) is 9.59 Å². The van der Waals surface area contributed by atoms with Crippen molar-refractivity contribution in [3.8, 4) is 0 Å². The monoisotopic (exact) mass is 438 g/mol. The molecule has 0 rings (SSSR count). The van der Waals surface area contributed by atoms with Crippen LogP contribution in [0.25, 0.3) is 0 Å². The summed E-state index contributed by atoms with van der Waals surface area (Å²) in [4.78, 5) is 22.4. The molecule has 0 aliphatic carbocycles. The van der Waals surface area contributed by atoms with E-state index in [-0.39, 0.29) is 5.91 Å². The van der Waals surface area contributed by atoms with Crippen LogP contribution >= 0.6 is 0 Å². The maximum absolute atomic E-state index is 11.8. The van der Waals surface area contributed by atoms with Gasteiger partial charge in [0.2, 0.25) is 5.91 Å². The number of rotatable bonds is 23. The van der Waals surface area contributed by atoms with Crippen LogP contribution in [0.15, 0.2) is 12.2 Å². The van der Waals surface area contributed by atoms with Crippen molar-refractivity contribution in [1.82, 2.24) is 5.32 Å². The molecule has 5 nitrogen and oxygen atoms in total. The summed E-state index contributed by atoms with van der Waals surface area (Å²) < 4.78 is 0. The second-order valence-corrected chi connectivity index (χ2v) is 8.83. The first kappa shape index (κ1) is 29.6. The van der Waals surface area contributed by atoms with Crippen LogP contribution in [0.3, 0.4) is 0 Å². The number of carbonyl (C=O) groups is 2. The molecule has 0 fully saturated rings. The van der Waals surface area contributed by atoms with Crippen molar-refractivity contribution in [3.05, 3.63) is 12.2 Å². The van der Waals surface area contributed by atoms with E-state index in [1.807, 2.05) is 0 Å². The smallest absolute Gasteiger partial charge is 0.320 e. The molecule has 0 bridgehead atoms. The van der Waals surface area contributed by atoms with Crippen LogP contribution in [0.2, 0.25) is 0 Å². The van der Waals surface area contributed by atoms with Gasteiger partial charge in [0.25, 0.3) is 0 Å². The van der Waals surface area contributed by atoms with E-state index in [0.717, 1.165) is 25.7 Å². The fraction of sp³-hybridized carbons (Fsp3) is 0.846. The maximum atomic E-state index is 11.8. The fourth-order valence-electron chi connectivity index (χ4n) is 3.63. The number of hydrogen-bond acceptors (Lipinski definition) is 3. The normalized spacial score (nSPS) is 12.3. The first-order chi connectivity index (χ1) is 15.1. The zero-order valence-electron chi connectivity index (χ0n) is 20.2. The number of carboxylic acids is 1. The Bertz CT molecular complexity index is 452. The zero-order valence-corrected chi connectivity index (χ0v) is 20.2. The largest absolute Gasteiger partial charge is 0.480 e. The number of allylic oxidation sites excluding steroid dienone is 2. The molecule has 4 N–H and O–H groups in total. The minimum atomic E-state index is -0.958. The van der Waals surface area contributed by atoms with E-state index < -0.39 is 12.0 Å². The molecule has 0 heterocycles. The molecule has 0 saturated heterocycles. The molecule has 182 valence electrons. The Labute approximate surface area is 191 Å². The van der Waals surface area contributed by atoms with E-state index in [1.165, 1.54) is 83.5 Å². The van der Waals surface area contributed by atoms with Gasteiger partial charge in [-0.2, -0.15) is 0 Å². The van der Waals surface area contributed by atoms with E-state index in [2.05, 4.69) is 24.4 Å². The third-order valence-electron chi connectivity index (χ3n) is 5.75. The Kier molecular flexibility index (Phi) is 22.3. The third kappa shape index (κ3) is 23.1. The van der Waals surface area contributed by atoms with Gasteiger partial charge < -0.3 is 16.2 Å². The lowest BCUT2D eigenvalue weighted by molar-refractivity contribution is -0.138.